The number of alkyl halides is 1. The van der Waals surface area contributed by atoms with Crippen molar-refractivity contribution in [3.05, 3.63) is 34.3 Å². The fourth-order valence-corrected chi connectivity index (χ4v) is 1.70. The fourth-order valence-electron chi connectivity index (χ4n) is 1.15. The maximum Gasteiger partial charge on any atom is 0.339 e. The summed E-state index contributed by atoms with van der Waals surface area (Å²) in [6, 6.07) is 5.32. The molecule has 0 saturated heterocycles. The van der Waals surface area contributed by atoms with E-state index in [1.807, 2.05) is 13.0 Å². The van der Waals surface area contributed by atoms with Crippen LogP contribution >= 0.6 is 27.5 Å². The molecular weight excluding hydrogens is 279 g/mol. The van der Waals surface area contributed by atoms with Gasteiger partial charge in [0.1, 0.15) is 0 Å². The van der Waals surface area contributed by atoms with Gasteiger partial charge in [0.2, 0.25) is 0 Å². The number of carbonyl (C=O) groups is 1. The highest BCUT2D eigenvalue weighted by Crippen LogP contribution is 2.26. The summed E-state index contributed by atoms with van der Waals surface area (Å²) in [5, 5.41) is 0.428. The Balaban J connectivity index is 2.98. The van der Waals surface area contributed by atoms with Crippen molar-refractivity contribution in [1.29, 1.82) is 0 Å². The molecule has 2 nitrogen and oxygen atoms in total. The molecule has 1 aromatic rings. The van der Waals surface area contributed by atoms with E-state index in [1.54, 1.807) is 19.1 Å². The zero-order chi connectivity index (χ0) is 11.4. The average molecular weight is 292 g/mol. The second-order valence-corrected chi connectivity index (χ2v) is 4.86. The Hall–Kier alpha value is -0.540. The second-order valence-electron chi connectivity index (χ2n) is 3.08. The van der Waals surface area contributed by atoms with Gasteiger partial charge in [-0.1, -0.05) is 33.6 Å². The van der Waals surface area contributed by atoms with Crippen LogP contribution < -0.4 is 0 Å². The van der Waals surface area contributed by atoms with Gasteiger partial charge < -0.3 is 4.74 Å². The van der Waals surface area contributed by atoms with Crippen molar-refractivity contribution in [3.8, 4) is 0 Å². The van der Waals surface area contributed by atoms with E-state index >= 15 is 0 Å². The molecule has 0 radical (unpaired) electrons. The van der Waals surface area contributed by atoms with Crippen LogP contribution in [0.3, 0.4) is 0 Å². The summed E-state index contributed by atoms with van der Waals surface area (Å²) in [5.74, 6) is -0.378. The minimum atomic E-state index is -0.378. The molecule has 1 rings (SSSR count). The zero-order valence-electron chi connectivity index (χ0n) is 8.59. The molecule has 0 fully saturated rings. The quantitative estimate of drug-likeness (QED) is 0.622. The van der Waals surface area contributed by atoms with Gasteiger partial charge in [0, 0.05) is 4.83 Å². The lowest BCUT2D eigenvalue weighted by atomic mass is 10.1. The molecule has 0 heterocycles. The molecule has 82 valence electrons. The Morgan fingerprint density at radius 2 is 2.27 bits per heavy atom. The predicted octanol–water partition coefficient (Wildman–Crippen LogP) is 3.97. The van der Waals surface area contributed by atoms with E-state index in [2.05, 4.69) is 15.9 Å². The first-order valence-corrected chi connectivity index (χ1v) is 5.96. The van der Waals surface area contributed by atoms with Gasteiger partial charge in [-0.25, -0.2) is 4.79 Å². The molecule has 0 saturated carbocycles. The average Bonchev–Trinajstić information content (AvgIpc) is 2.17. The van der Waals surface area contributed by atoms with Crippen LogP contribution in [-0.4, -0.2) is 12.6 Å². The van der Waals surface area contributed by atoms with Crippen LogP contribution in [-0.2, 0) is 4.74 Å². The monoisotopic (exact) mass is 290 g/mol. The second kappa shape index (κ2) is 5.52. The normalized spacial score (nSPS) is 12.3. The van der Waals surface area contributed by atoms with Gasteiger partial charge in [-0.05, 0) is 31.5 Å². The summed E-state index contributed by atoms with van der Waals surface area (Å²) in [5.41, 5.74) is 1.45. The number of esters is 1. The Labute approximate surface area is 103 Å². The van der Waals surface area contributed by atoms with Crippen LogP contribution in [0.2, 0.25) is 5.02 Å². The smallest absolute Gasteiger partial charge is 0.339 e. The summed E-state index contributed by atoms with van der Waals surface area (Å²) >= 11 is 9.42. The van der Waals surface area contributed by atoms with Crippen molar-refractivity contribution >= 4 is 33.5 Å². The minimum Gasteiger partial charge on any atom is -0.462 e. The van der Waals surface area contributed by atoms with E-state index < -0.39 is 0 Å². The number of carbonyl (C=O) groups excluding carboxylic acids is 1. The third kappa shape index (κ3) is 3.21. The topological polar surface area (TPSA) is 26.3 Å². The summed E-state index contributed by atoms with van der Waals surface area (Å²) < 4.78 is 4.87. The van der Waals surface area contributed by atoms with Gasteiger partial charge in [0.05, 0.1) is 17.2 Å². The molecule has 1 unspecified atom stereocenters. The van der Waals surface area contributed by atoms with E-state index in [1.165, 1.54) is 0 Å². The molecule has 0 aliphatic carbocycles. The Kier molecular flexibility index (Phi) is 4.61. The third-order valence-corrected chi connectivity index (χ3v) is 2.79. The van der Waals surface area contributed by atoms with Crippen molar-refractivity contribution in [1.82, 2.24) is 0 Å². The standard InChI is InChI=1S/C11H12BrClO2/c1-3-15-11(14)9-5-4-8(7(2)12)6-10(9)13/h4-7H,3H2,1-2H3. The SMILES string of the molecule is CCOC(=O)c1ccc(C(C)Br)cc1Cl. The molecule has 0 amide bonds. The molecule has 0 bridgehead atoms. The highest BCUT2D eigenvalue weighted by Gasteiger charge is 2.12. The van der Waals surface area contributed by atoms with Crippen molar-refractivity contribution in [2.75, 3.05) is 6.61 Å². The zero-order valence-corrected chi connectivity index (χ0v) is 10.9. The van der Waals surface area contributed by atoms with E-state index in [9.17, 15) is 4.79 Å². The lowest BCUT2D eigenvalue weighted by molar-refractivity contribution is 0.0526. The summed E-state index contributed by atoms with van der Waals surface area (Å²) in [6.45, 7) is 4.11. The van der Waals surface area contributed by atoms with Gasteiger partial charge in [0.15, 0.2) is 0 Å². The molecule has 4 heteroatoms. The summed E-state index contributed by atoms with van der Waals surface area (Å²) in [7, 11) is 0. The lowest BCUT2D eigenvalue weighted by Gasteiger charge is -2.07. The molecule has 1 aromatic carbocycles. The molecule has 0 aliphatic heterocycles. The van der Waals surface area contributed by atoms with Crippen molar-refractivity contribution < 1.29 is 9.53 Å². The van der Waals surface area contributed by atoms with E-state index in [0.29, 0.717) is 17.2 Å². The van der Waals surface area contributed by atoms with Crippen LogP contribution in [0.5, 0.6) is 0 Å². The summed E-state index contributed by atoms with van der Waals surface area (Å²) in [4.78, 5) is 11.6. The first-order valence-electron chi connectivity index (χ1n) is 4.67. The Bertz CT molecular complexity index is 364. The number of rotatable bonds is 3. The molecule has 0 N–H and O–H groups in total. The summed E-state index contributed by atoms with van der Waals surface area (Å²) in [6.07, 6.45) is 0. The van der Waals surface area contributed by atoms with Gasteiger partial charge >= 0.3 is 5.97 Å². The molecule has 0 aliphatic rings. The number of halogens is 2. The first-order chi connectivity index (χ1) is 7.06. The molecule has 1 atom stereocenters. The largest absolute Gasteiger partial charge is 0.462 e. The molecular formula is C11H12BrClO2. The van der Waals surface area contributed by atoms with Crippen molar-refractivity contribution in [3.63, 3.8) is 0 Å². The minimum absolute atomic E-state index is 0.214. The first kappa shape index (κ1) is 12.5. The van der Waals surface area contributed by atoms with Gasteiger partial charge in [-0.2, -0.15) is 0 Å². The highest BCUT2D eigenvalue weighted by atomic mass is 79.9. The molecule has 15 heavy (non-hydrogen) atoms. The van der Waals surface area contributed by atoms with E-state index in [0.717, 1.165) is 5.56 Å². The van der Waals surface area contributed by atoms with Crippen LogP contribution in [0.15, 0.2) is 18.2 Å². The number of benzene rings is 1. The van der Waals surface area contributed by atoms with Gasteiger partial charge in [-0.15, -0.1) is 0 Å². The van der Waals surface area contributed by atoms with Gasteiger partial charge in [-0.3, -0.25) is 0 Å². The number of hydrogen-bond donors (Lipinski definition) is 0. The third-order valence-electron chi connectivity index (χ3n) is 1.95. The number of ether oxygens (including phenoxy) is 1. The number of hydrogen-bond acceptors (Lipinski definition) is 2. The maximum absolute atomic E-state index is 11.4. The Morgan fingerprint density at radius 1 is 1.60 bits per heavy atom. The molecule has 0 spiro atoms. The fraction of sp³-hybridized carbons (Fsp3) is 0.364. The van der Waals surface area contributed by atoms with Crippen LogP contribution in [0.4, 0.5) is 0 Å². The Morgan fingerprint density at radius 3 is 2.73 bits per heavy atom. The highest BCUT2D eigenvalue weighted by molar-refractivity contribution is 9.09. The van der Waals surface area contributed by atoms with E-state index in [4.69, 9.17) is 16.3 Å². The van der Waals surface area contributed by atoms with Gasteiger partial charge in [0.25, 0.3) is 0 Å². The van der Waals surface area contributed by atoms with Crippen molar-refractivity contribution in [2.24, 2.45) is 0 Å². The van der Waals surface area contributed by atoms with Crippen LogP contribution in [0, 0.1) is 0 Å². The molecule has 0 aromatic heterocycles. The van der Waals surface area contributed by atoms with Crippen molar-refractivity contribution in [2.45, 2.75) is 18.7 Å². The predicted molar refractivity (Wildman–Crippen MR) is 64.8 cm³/mol. The van der Waals surface area contributed by atoms with Crippen LogP contribution in [0.1, 0.15) is 34.6 Å². The van der Waals surface area contributed by atoms with E-state index in [-0.39, 0.29) is 10.8 Å². The van der Waals surface area contributed by atoms with Crippen LogP contribution in [0.25, 0.3) is 0 Å². The lowest BCUT2D eigenvalue weighted by Crippen LogP contribution is -2.05. The maximum atomic E-state index is 11.4.